The van der Waals surface area contributed by atoms with Crippen LogP contribution in [0, 0.1) is 0 Å². The molecule has 2 aromatic rings. The predicted octanol–water partition coefficient (Wildman–Crippen LogP) is 2.59. The Morgan fingerprint density at radius 2 is 1.55 bits per heavy atom. The van der Waals surface area contributed by atoms with Crippen molar-refractivity contribution in [2.24, 2.45) is 0 Å². The first-order chi connectivity index (χ1) is 14.1. The molecule has 154 valence electrons. The minimum atomic E-state index is -0.751. The Hall–Kier alpha value is -3.35. The molecule has 0 fully saturated rings. The molecule has 2 aromatic carbocycles. The Kier molecular flexibility index (Phi) is 9.21. The number of alkyl carbamates (subject to hydrolysis) is 1. The highest BCUT2D eigenvalue weighted by atomic mass is 16.5. The molecule has 2 rings (SSSR count). The summed E-state index contributed by atoms with van der Waals surface area (Å²) in [6.07, 6.45) is 0.404. The second-order valence-corrected chi connectivity index (χ2v) is 6.43. The molecule has 0 spiro atoms. The van der Waals surface area contributed by atoms with E-state index in [4.69, 9.17) is 9.47 Å². The number of amides is 2. The summed E-state index contributed by atoms with van der Waals surface area (Å²) in [5, 5.41) is 5.30. The van der Waals surface area contributed by atoms with E-state index in [9.17, 15) is 14.4 Å². The monoisotopic (exact) mass is 398 g/mol. The lowest BCUT2D eigenvalue weighted by Gasteiger charge is -2.16. The maximum absolute atomic E-state index is 12.2. The number of ether oxygens (including phenoxy) is 2. The zero-order chi connectivity index (χ0) is 20.9. The Labute approximate surface area is 170 Å². The van der Waals surface area contributed by atoms with Crippen molar-refractivity contribution in [2.45, 2.75) is 31.9 Å². The van der Waals surface area contributed by atoms with Gasteiger partial charge in [0.15, 0.2) is 0 Å². The average molecular weight is 398 g/mol. The van der Waals surface area contributed by atoms with Crippen molar-refractivity contribution >= 4 is 18.0 Å². The lowest BCUT2D eigenvalue weighted by Crippen LogP contribution is -2.43. The molecular weight excluding hydrogens is 372 g/mol. The zero-order valence-corrected chi connectivity index (χ0v) is 16.4. The van der Waals surface area contributed by atoms with Gasteiger partial charge in [-0.1, -0.05) is 60.7 Å². The van der Waals surface area contributed by atoms with E-state index in [0.29, 0.717) is 19.4 Å². The van der Waals surface area contributed by atoms with E-state index in [1.807, 2.05) is 60.7 Å². The van der Waals surface area contributed by atoms with Crippen LogP contribution in [0.5, 0.6) is 0 Å². The SMILES string of the molecule is COC(=O)[C@@H](Cc1ccccc1)NC(=O)CCCNC(=O)OCc1ccccc1. The van der Waals surface area contributed by atoms with E-state index in [-0.39, 0.29) is 18.9 Å². The summed E-state index contributed by atoms with van der Waals surface area (Å²) < 4.78 is 9.88. The van der Waals surface area contributed by atoms with Gasteiger partial charge in [-0.2, -0.15) is 0 Å². The fourth-order valence-electron chi connectivity index (χ4n) is 2.67. The van der Waals surface area contributed by atoms with E-state index < -0.39 is 18.1 Å². The van der Waals surface area contributed by atoms with Crippen molar-refractivity contribution in [1.29, 1.82) is 0 Å². The summed E-state index contributed by atoms with van der Waals surface area (Å²) in [6.45, 7) is 0.482. The van der Waals surface area contributed by atoms with Crippen LogP contribution in [-0.2, 0) is 32.1 Å². The summed E-state index contributed by atoms with van der Waals surface area (Å²) in [5.74, 6) is -0.777. The van der Waals surface area contributed by atoms with Crippen LogP contribution in [0.15, 0.2) is 60.7 Å². The maximum atomic E-state index is 12.2. The molecule has 0 heterocycles. The molecule has 7 nitrogen and oxygen atoms in total. The van der Waals surface area contributed by atoms with Crippen LogP contribution in [0.25, 0.3) is 0 Å². The van der Waals surface area contributed by atoms with E-state index in [0.717, 1.165) is 11.1 Å². The van der Waals surface area contributed by atoms with E-state index in [2.05, 4.69) is 10.6 Å². The second kappa shape index (κ2) is 12.2. The van der Waals surface area contributed by atoms with Crippen molar-refractivity contribution in [1.82, 2.24) is 10.6 Å². The molecule has 0 aliphatic carbocycles. The number of nitrogens with one attached hydrogen (secondary N) is 2. The Morgan fingerprint density at radius 1 is 0.931 bits per heavy atom. The number of esters is 1. The van der Waals surface area contributed by atoms with Gasteiger partial charge in [0, 0.05) is 19.4 Å². The topological polar surface area (TPSA) is 93.7 Å². The zero-order valence-electron chi connectivity index (χ0n) is 16.4. The normalized spacial score (nSPS) is 11.2. The minimum absolute atomic E-state index is 0.168. The van der Waals surface area contributed by atoms with Crippen LogP contribution in [0.4, 0.5) is 4.79 Å². The van der Waals surface area contributed by atoms with E-state index >= 15 is 0 Å². The van der Waals surface area contributed by atoms with Gasteiger partial charge in [-0.25, -0.2) is 9.59 Å². The van der Waals surface area contributed by atoms with Gasteiger partial charge in [-0.05, 0) is 17.5 Å². The van der Waals surface area contributed by atoms with Gasteiger partial charge in [-0.15, -0.1) is 0 Å². The molecule has 2 N–H and O–H groups in total. The van der Waals surface area contributed by atoms with E-state index in [1.165, 1.54) is 7.11 Å². The van der Waals surface area contributed by atoms with Crippen LogP contribution >= 0.6 is 0 Å². The molecule has 0 bridgehead atoms. The van der Waals surface area contributed by atoms with Gasteiger partial charge in [-0.3, -0.25) is 4.79 Å². The quantitative estimate of drug-likeness (QED) is 0.474. The first kappa shape index (κ1) is 21.9. The van der Waals surface area contributed by atoms with Crippen molar-refractivity contribution in [3.05, 3.63) is 71.8 Å². The summed E-state index contributed by atoms with van der Waals surface area (Å²) in [5.41, 5.74) is 1.82. The first-order valence-corrected chi connectivity index (χ1v) is 9.44. The van der Waals surface area contributed by atoms with Crippen LogP contribution in [-0.4, -0.2) is 37.7 Å². The van der Waals surface area contributed by atoms with Crippen molar-refractivity contribution < 1.29 is 23.9 Å². The van der Waals surface area contributed by atoms with Gasteiger partial charge < -0.3 is 20.1 Å². The third kappa shape index (κ3) is 8.47. The smallest absolute Gasteiger partial charge is 0.407 e. The molecule has 0 aliphatic heterocycles. The first-order valence-electron chi connectivity index (χ1n) is 9.44. The van der Waals surface area contributed by atoms with Gasteiger partial charge in [0.05, 0.1) is 7.11 Å². The van der Waals surface area contributed by atoms with Gasteiger partial charge in [0.1, 0.15) is 12.6 Å². The molecule has 0 unspecified atom stereocenters. The number of carbonyl (C=O) groups excluding carboxylic acids is 3. The molecule has 1 atom stereocenters. The molecule has 0 saturated heterocycles. The average Bonchev–Trinajstić information content (AvgIpc) is 2.75. The predicted molar refractivity (Wildman–Crippen MR) is 108 cm³/mol. The van der Waals surface area contributed by atoms with Crippen LogP contribution in [0.3, 0.4) is 0 Å². The molecular formula is C22H26N2O5. The lowest BCUT2D eigenvalue weighted by atomic mass is 10.1. The highest BCUT2D eigenvalue weighted by Gasteiger charge is 2.21. The molecule has 2 amide bonds. The summed E-state index contributed by atoms with van der Waals surface area (Å²) >= 11 is 0. The second-order valence-electron chi connectivity index (χ2n) is 6.43. The van der Waals surface area contributed by atoms with Crippen molar-refractivity contribution in [2.75, 3.05) is 13.7 Å². The van der Waals surface area contributed by atoms with Crippen molar-refractivity contribution in [3.63, 3.8) is 0 Å². The highest BCUT2D eigenvalue weighted by molar-refractivity contribution is 5.84. The molecule has 0 radical (unpaired) electrons. The summed E-state index contributed by atoms with van der Waals surface area (Å²) in [7, 11) is 1.29. The van der Waals surface area contributed by atoms with Crippen LogP contribution < -0.4 is 10.6 Å². The fraction of sp³-hybridized carbons (Fsp3) is 0.318. The number of methoxy groups -OCH3 is 1. The van der Waals surface area contributed by atoms with Crippen LogP contribution in [0.1, 0.15) is 24.0 Å². The number of hydrogen-bond donors (Lipinski definition) is 2. The Morgan fingerprint density at radius 3 is 2.17 bits per heavy atom. The minimum Gasteiger partial charge on any atom is -0.467 e. The third-order valence-corrected chi connectivity index (χ3v) is 4.17. The number of benzene rings is 2. The van der Waals surface area contributed by atoms with Gasteiger partial charge in [0.25, 0.3) is 0 Å². The Bertz CT molecular complexity index is 780. The lowest BCUT2D eigenvalue weighted by molar-refractivity contribution is -0.145. The highest BCUT2D eigenvalue weighted by Crippen LogP contribution is 2.05. The summed E-state index contributed by atoms with van der Waals surface area (Å²) in [4.78, 5) is 35.8. The molecule has 0 aromatic heterocycles. The van der Waals surface area contributed by atoms with E-state index in [1.54, 1.807) is 0 Å². The molecule has 0 saturated carbocycles. The largest absolute Gasteiger partial charge is 0.467 e. The standard InChI is InChI=1S/C22H26N2O5/c1-28-21(26)19(15-17-9-4-2-5-10-17)24-20(25)13-8-14-23-22(27)29-16-18-11-6-3-7-12-18/h2-7,9-12,19H,8,13-16H2,1H3,(H,23,27)(H,24,25)/t19-/m1/s1. The van der Waals surface area contributed by atoms with Crippen LogP contribution in [0.2, 0.25) is 0 Å². The summed E-state index contributed by atoms with van der Waals surface area (Å²) in [6, 6.07) is 18.0. The molecule has 29 heavy (non-hydrogen) atoms. The van der Waals surface area contributed by atoms with Gasteiger partial charge >= 0.3 is 12.1 Å². The number of carbonyl (C=O) groups is 3. The van der Waals surface area contributed by atoms with Crippen molar-refractivity contribution in [3.8, 4) is 0 Å². The van der Waals surface area contributed by atoms with Gasteiger partial charge in [0.2, 0.25) is 5.91 Å². The third-order valence-electron chi connectivity index (χ3n) is 4.17. The Balaban J connectivity index is 1.67. The molecule has 0 aliphatic rings. The number of rotatable bonds is 10. The number of hydrogen-bond acceptors (Lipinski definition) is 5. The maximum Gasteiger partial charge on any atom is 0.407 e. The fourth-order valence-corrected chi connectivity index (χ4v) is 2.67. The molecule has 7 heteroatoms.